The van der Waals surface area contributed by atoms with Gasteiger partial charge in [-0.2, -0.15) is 0 Å². The van der Waals surface area contributed by atoms with Crippen molar-refractivity contribution in [2.75, 3.05) is 6.61 Å². The van der Waals surface area contributed by atoms with Crippen molar-refractivity contribution in [1.82, 2.24) is 19.5 Å². The number of aromatic nitrogens is 4. The maximum Gasteiger partial charge on any atom is 0.165 e. The molecule has 0 radical (unpaired) electrons. The number of nitrogens with zero attached hydrogens (tertiary/aromatic N) is 4. The van der Waals surface area contributed by atoms with Gasteiger partial charge in [-0.15, -0.1) is 0 Å². The minimum atomic E-state index is -0.221. The second-order valence-corrected chi connectivity index (χ2v) is 5.82. The Morgan fingerprint density at radius 3 is 2.59 bits per heavy atom. The summed E-state index contributed by atoms with van der Waals surface area (Å²) in [5, 5.41) is 10.5. The Morgan fingerprint density at radius 2 is 1.91 bits per heavy atom. The number of rotatable bonds is 3. The number of fused-ring (bicyclic) bond motifs is 1. The first-order chi connectivity index (χ1) is 10.5. The quantitative estimate of drug-likeness (QED) is 0.741. The monoisotopic (exact) mass is 336 g/mol. The summed E-state index contributed by atoms with van der Waals surface area (Å²) in [5.41, 5.74) is 1.85. The Labute approximate surface area is 137 Å². The molecule has 7 heteroatoms. The average molecular weight is 337 g/mol. The molecule has 0 saturated carbocycles. The molecule has 3 rings (SSSR count). The average Bonchev–Trinajstić information content (AvgIpc) is 2.86. The van der Waals surface area contributed by atoms with Crippen LogP contribution in [0.4, 0.5) is 0 Å². The van der Waals surface area contributed by atoms with Gasteiger partial charge in [-0.3, -0.25) is 0 Å². The molecule has 0 bridgehead atoms. The van der Waals surface area contributed by atoms with Crippen LogP contribution < -0.4 is 0 Å². The van der Waals surface area contributed by atoms with E-state index in [1.54, 1.807) is 13.0 Å². The lowest BCUT2D eigenvalue weighted by Crippen LogP contribution is -2.12. The van der Waals surface area contributed by atoms with E-state index in [1.807, 2.05) is 29.7 Å². The third-order valence-corrected chi connectivity index (χ3v) is 4.02. The molecule has 0 amide bonds. The first kappa shape index (κ1) is 15.2. The normalized spacial score (nSPS) is 12.8. The number of aryl methyl sites for hydroxylation is 1. The molecule has 1 N–H and O–H groups in total. The van der Waals surface area contributed by atoms with E-state index in [9.17, 15) is 5.11 Å². The van der Waals surface area contributed by atoms with E-state index < -0.39 is 0 Å². The second kappa shape index (κ2) is 5.83. The van der Waals surface area contributed by atoms with Crippen LogP contribution in [0.1, 0.15) is 18.8 Å². The van der Waals surface area contributed by atoms with Gasteiger partial charge in [-0.1, -0.05) is 35.3 Å². The summed E-state index contributed by atoms with van der Waals surface area (Å²) >= 11 is 12.5. The molecule has 1 unspecified atom stereocenters. The van der Waals surface area contributed by atoms with Gasteiger partial charge in [0.25, 0.3) is 0 Å². The first-order valence-electron chi connectivity index (χ1n) is 6.80. The highest BCUT2D eigenvalue weighted by Crippen LogP contribution is 2.33. The molecule has 0 aliphatic heterocycles. The lowest BCUT2D eigenvalue weighted by atomic mass is 10.2. The van der Waals surface area contributed by atoms with Crippen LogP contribution in [0.3, 0.4) is 0 Å². The molecule has 5 nitrogen and oxygen atoms in total. The summed E-state index contributed by atoms with van der Waals surface area (Å²) < 4.78 is 1.84. The SMILES string of the molecule is Cc1nc(Cl)c2nc(-c3ccccc3Cl)n(C(C)CO)c2n1. The lowest BCUT2D eigenvalue weighted by molar-refractivity contribution is 0.242. The van der Waals surface area contributed by atoms with Crippen molar-refractivity contribution in [3.63, 3.8) is 0 Å². The second-order valence-electron chi connectivity index (χ2n) is 5.05. The van der Waals surface area contributed by atoms with Crippen LogP contribution in [0.15, 0.2) is 24.3 Å². The van der Waals surface area contributed by atoms with Crippen LogP contribution in [0.2, 0.25) is 10.2 Å². The Bertz CT molecular complexity index is 847. The van der Waals surface area contributed by atoms with E-state index in [0.717, 1.165) is 5.56 Å². The first-order valence-corrected chi connectivity index (χ1v) is 7.56. The molecule has 0 fully saturated rings. The molecule has 0 aliphatic carbocycles. The predicted molar refractivity (Wildman–Crippen MR) is 87.3 cm³/mol. The van der Waals surface area contributed by atoms with Crippen LogP contribution in [0, 0.1) is 6.92 Å². The van der Waals surface area contributed by atoms with Crippen molar-refractivity contribution in [3.8, 4) is 11.4 Å². The van der Waals surface area contributed by atoms with E-state index >= 15 is 0 Å². The maximum atomic E-state index is 9.59. The van der Waals surface area contributed by atoms with Crippen molar-refractivity contribution in [1.29, 1.82) is 0 Å². The molecule has 2 heterocycles. The minimum Gasteiger partial charge on any atom is -0.394 e. The number of benzene rings is 1. The number of hydrogen-bond donors (Lipinski definition) is 1. The highest BCUT2D eigenvalue weighted by Gasteiger charge is 2.21. The van der Waals surface area contributed by atoms with Crippen molar-refractivity contribution in [3.05, 3.63) is 40.3 Å². The fraction of sp³-hybridized carbons (Fsp3) is 0.267. The van der Waals surface area contributed by atoms with Gasteiger partial charge in [0.1, 0.15) is 17.2 Å². The molecule has 0 saturated heterocycles. The highest BCUT2D eigenvalue weighted by atomic mass is 35.5. The number of hydrogen-bond acceptors (Lipinski definition) is 4. The third kappa shape index (κ3) is 2.45. The van der Waals surface area contributed by atoms with Gasteiger partial charge in [0, 0.05) is 5.56 Å². The smallest absolute Gasteiger partial charge is 0.165 e. The van der Waals surface area contributed by atoms with Crippen molar-refractivity contribution >= 4 is 34.4 Å². The molecule has 114 valence electrons. The van der Waals surface area contributed by atoms with Gasteiger partial charge in [0.05, 0.1) is 17.7 Å². The summed E-state index contributed by atoms with van der Waals surface area (Å²) in [7, 11) is 0. The number of aliphatic hydroxyl groups is 1. The van der Waals surface area contributed by atoms with Crippen molar-refractivity contribution < 1.29 is 5.11 Å². The van der Waals surface area contributed by atoms with E-state index in [-0.39, 0.29) is 12.6 Å². The zero-order chi connectivity index (χ0) is 15.9. The molecule has 1 aromatic carbocycles. The molecule has 1 atom stereocenters. The van der Waals surface area contributed by atoms with Gasteiger partial charge in [0.15, 0.2) is 10.8 Å². The molecule has 0 aliphatic rings. The fourth-order valence-electron chi connectivity index (χ4n) is 2.37. The van der Waals surface area contributed by atoms with E-state index in [1.165, 1.54) is 0 Å². The van der Waals surface area contributed by atoms with Gasteiger partial charge < -0.3 is 9.67 Å². The Morgan fingerprint density at radius 1 is 1.18 bits per heavy atom. The summed E-state index contributed by atoms with van der Waals surface area (Å²) in [4.78, 5) is 13.1. The molecular weight excluding hydrogens is 323 g/mol. The van der Waals surface area contributed by atoms with Crippen molar-refractivity contribution in [2.45, 2.75) is 19.9 Å². The van der Waals surface area contributed by atoms with Crippen LogP contribution in [-0.2, 0) is 0 Å². The van der Waals surface area contributed by atoms with E-state index in [4.69, 9.17) is 23.2 Å². The van der Waals surface area contributed by atoms with Gasteiger partial charge in [-0.05, 0) is 26.0 Å². The summed E-state index contributed by atoms with van der Waals surface area (Å²) in [6, 6.07) is 7.18. The van der Waals surface area contributed by atoms with Crippen LogP contribution in [0.5, 0.6) is 0 Å². The Kier molecular flexibility index (Phi) is 4.04. The summed E-state index contributed by atoms with van der Waals surface area (Å²) in [6.07, 6.45) is 0. The van der Waals surface area contributed by atoms with Crippen LogP contribution >= 0.6 is 23.2 Å². The molecule has 0 spiro atoms. The standard InChI is InChI=1S/C15H14Cl2N4O/c1-8(7-22)21-14(10-5-3-4-6-11(10)16)20-12-13(17)18-9(2)19-15(12)21/h3-6,8,22H,7H2,1-2H3. The maximum absolute atomic E-state index is 9.59. The number of imidazole rings is 1. The number of halogens is 2. The van der Waals surface area contributed by atoms with Gasteiger partial charge in [0.2, 0.25) is 0 Å². The Hall–Kier alpha value is -1.69. The number of aliphatic hydroxyl groups excluding tert-OH is 1. The topological polar surface area (TPSA) is 63.8 Å². The molecule has 3 aromatic rings. The predicted octanol–water partition coefficient (Wildman–Crippen LogP) is 3.66. The molecular formula is C15H14Cl2N4O. The van der Waals surface area contributed by atoms with Crippen LogP contribution in [-0.4, -0.2) is 31.2 Å². The van der Waals surface area contributed by atoms with E-state index in [0.29, 0.717) is 33.0 Å². The fourth-order valence-corrected chi connectivity index (χ4v) is 2.84. The summed E-state index contributed by atoms with van der Waals surface area (Å²) in [6.45, 7) is 3.60. The molecule has 22 heavy (non-hydrogen) atoms. The lowest BCUT2D eigenvalue weighted by Gasteiger charge is -2.15. The summed E-state index contributed by atoms with van der Waals surface area (Å²) in [5.74, 6) is 1.17. The third-order valence-electron chi connectivity index (χ3n) is 3.43. The van der Waals surface area contributed by atoms with E-state index in [2.05, 4.69) is 15.0 Å². The largest absolute Gasteiger partial charge is 0.394 e. The highest BCUT2D eigenvalue weighted by molar-refractivity contribution is 6.34. The minimum absolute atomic E-state index is 0.0520. The van der Waals surface area contributed by atoms with Crippen LogP contribution in [0.25, 0.3) is 22.6 Å². The van der Waals surface area contributed by atoms with Gasteiger partial charge >= 0.3 is 0 Å². The zero-order valence-corrected chi connectivity index (χ0v) is 13.6. The van der Waals surface area contributed by atoms with Gasteiger partial charge in [-0.25, -0.2) is 15.0 Å². The molecule has 2 aromatic heterocycles. The zero-order valence-electron chi connectivity index (χ0n) is 12.1. The van der Waals surface area contributed by atoms with Crippen molar-refractivity contribution in [2.24, 2.45) is 0 Å². The Balaban J connectivity index is 2.39.